The van der Waals surface area contributed by atoms with Crippen molar-refractivity contribution < 1.29 is 44.3 Å². The molecule has 17 heavy (non-hydrogen) atoms. The smallest absolute Gasteiger partial charge is 1.00 e. The molecule has 0 saturated heterocycles. The van der Waals surface area contributed by atoms with Crippen LogP contribution in [0.15, 0.2) is 50.6 Å². The van der Waals surface area contributed by atoms with Gasteiger partial charge in [0.1, 0.15) is 0 Å². The van der Waals surface area contributed by atoms with Gasteiger partial charge in [0.25, 0.3) is 0 Å². The summed E-state index contributed by atoms with van der Waals surface area (Å²) in [6.07, 6.45) is 13.8. The van der Waals surface area contributed by atoms with Crippen molar-refractivity contribution in [1.29, 1.82) is 0 Å². The summed E-state index contributed by atoms with van der Waals surface area (Å²) >= 11 is 0. The Hall–Kier alpha value is -0.897. The number of imidazole rings is 2. The zero-order valence-corrected chi connectivity index (χ0v) is 13.8. The van der Waals surface area contributed by atoms with E-state index in [1.165, 1.54) is 0 Å². The quantitative estimate of drug-likeness (QED) is 0.528. The predicted molar refractivity (Wildman–Crippen MR) is 57.2 cm³/mol. The summed E-state index contributed by atoms with van der Waals surface area (Å²) in [7, 11) is 0. The first-order chi connectivity index (χ1) is 6.86. The fourth-order valence-corrected chi connectivity index (χ4v) is 0.755. The Kier molecular flexibility index (Phi) is 16.6. The fraction of sp³-hybridized carbons (Fsp3) is 0. The summed E-state index contributed by atoms with van der Waals surface area (Å²) in [6.45, 7) is 7.05. The molecule has 2 rings (SSSR count). The van der Waals surface area contributed by atoms with Crippen LogP contribution in [0.2, 0.25) is 0 Å². The Labute approximate surface area is 126 Å². The molecule has 88 valence electrons. The van der Waals surface area contributed by atoms with Gasteiger partial charge in [0.2, 0.25) is 0 Å². The van der Waals surface area contributed by atoms with Gasteiger partial charge >= 0.3 is 19.5 Å². The van der Waals surface area contributed by atoms with Crippen molar-refractivity contribution in [3.05, 3.63) is 50.6 Å². The van der Waals surface area contributed by atoms with Crippen LogP contribution in [0, 0.1) is 0 Å². The summed E-state index contributed by atoms with van der Waals surface area (Å²) in [6, 6.07) is 0. The van der Waals surface area contributed by atoms with Gasteiger partial charge in [0, 0.05) is 37.2 Å². The van der Waals surface area contributed by atoms with E-state index in [2.05, 4.69) is 23.1 Å². The maximum Gasteiger partial charge on any atom is 2.00 e. The third-order valence-corrected chi connectivity index (χ3v) is 1.47. The summed E-state index contributed by atoms with van der Waals surface area (Å²) < 4.78 is 3.56. The molecule has 0 radical (unpaired) electrons. The Morgan fingerprint density at radius 3 is 1.29 bits per heavy atom. The number of aromatic nitrogens is 4. The zero-order valence-electron chi connectivity index (χ0n) is 9.28. The van der Waals surface area contributed by atoms with E-state index < -0.39 is 0 Å². The minimum Gasteiger partial charge on any atom is -1.00 e. The van der Waals surface area contributed by atoms with E-state index in [0.717, 1.165) is 0 Å². The molecule has 0 bridgehead atoms. The second kappa shape index (κ2) is 13.2. The third kappa shape index (κ3) is 8.86. The van der Waals surface area contributed by atoms with Crippen molar-refractivity contribution >= 4 is 12.4 Å². The minimum atomic E-state index is 0. The van der Waals surface area contributed by atoms with Crippen LogP contribution in [0.4, 0.5) is 0 Å². The van der Waals surface area contributed by atoms with Crippen molar-refractivity contribution in [3.63, 3.8) is 0 Å². The molecule has 0 unspecified atom stereocenters. The van der Waals surface area contributed by atoms with E-state index in [0.29, 0.717) is 0 Å². The molecule has 2 heterocycles. The molecule has 0 spiro atoms. The van der Waals surface area contributed by atoms with Gasteiger partial charge in [-0.2, -0.15) is 0 Å². The largest absolute Gasteiger partial charge is 2.00 e. The van der Waals surface area contributed by atoms with E-state index in [1.807, 2.05) is 12.4 Å². The monoisotopic (exact) mass is 322 g/mol. The van der Waals surface area contributed by atoms with Gasteiger partial charge in [-0.25, -0.2) is 9.97 Å². The van der Waals surface area contributed by atoms with E-state index in [4.69, 9.17) is 0 Å². The molecule has 0 N–H and O–H groups in total. The first-order valence-electron chi connectivity index (χ1n) is 4.07. The third-order valence-electron chi connectivity index (χ3n) is 1.47. The summed E-state index contributed by atoms with van der Waals surface area (Å²) in [5.41, 5.74) is 0. The van der Waals surface area contributed by atoms with Gasteiger partial charge in [-0.1, -0.05) is 13.2 Å². The van der Waals surface area contributed by atoms with Crippen molar-refractivity contribution in [1.82, 2.24) is 19.1 Å². The summed E-state index contributed by atoms with van der Waals surface area (Å²) in [5, 5.41) is 0. The molecule has 0 atom stereocenters. The SMILES string of the molecule is C=Cn1ccnc1.C=Cn1ccnc1.[Cl-].[Cl-].[Zn+2]. The average Bonchev–Trinajstić information content (AvgIpc) is 2.92. The van der Waals surface area contributed by atoms with Gasteiger partial charge in [0.05, 0.1) is 12.7 Å². The van der Waals surface area contributed by atoms with Crippen LogP contribution < -0.4 is 24.8 Å². The first-order valence-corrected chi connectivity index (χ1v) is 4.07. The fourth-order valence-electron chi connectivity index (χ4n) is 0.755. The standard InChI is InChI=1S/2C5H6N2.2ClH.Zn/c2*1-2-7-4-3-6-5-7;;;/h2*2-5H,1H2;2*1H;/q;;;;+2/p-2. The normalized spacial score (nSPS) is 7.06. The van der Waals surface area contributed by atoms with Crippen LogP contribution in [0.1, 0.15) is 0 Å². The van der Waals surface area contributed by atoms with Crippen molar-refractivity contribution in [2.75, 3.05) is 0 Å². The Morgan fingerprint density at radius 1 is 0.824 bits per heavy atom. The van der Waals surface area contributed by atoms with Crippen LogP contribution in [0.25, 0.3) is 12.4 Å². The Bertz CT molecular complexity index is 335. The van der Waals surface area contributed by atoms with Crippen molar-refractivity contribution in [2.45, 2.75) is 0 Å². The number of rotatable bonds is 2. The summed E-state index contributed by atoms with van der Waals surface area (Å²) in [4.78, 5) is 7.57. The molecule has 0 aliphatic rings. The number of nitrogens with zero attached hydrogens (tertiary/aromatic N) is 4. The van der Waals surface area contributed by atoms with Crippen molar-refractivity contribution in [2.24, 2.45) is 0 Å². The molecule has 0 aliphatic heterocycles. The molecule has 0 aromatic carbocycles. The van der Waals surface area contributed by atoms with Crippen molar-refractivity contribution in [3.8, 4) is 0 Å². The molecule has 0 saturated carbocycles. The minimum absolute atomic E-state index is 0. The topological polar surface area (TPSA) is 35.6 Å². The van der Waals surface area contributed by atoms with Gasteiger partial charge in [-0.3, -0.25) is 0 Å². The van der Waals surface area contributed by atoms with Gasteiger partial charge in [0.15, 0.2) is 0 Å². The molecule has 0 aliphatic carbocycles. The molecule has 4 nitrogen and oxygen atoms in total. The first kappa shape index (κ1) is 21.4. The Balaban J connectivity index is -0.000000196. The number of hydrogen-bond acceptors (Lipinski definition) is 2. The zero-order chi connectivity index (χ0) is 10.2. The maximum atomic E-state index is 3.78. The van der Waals surface area contributed by atoms with E-state index in [-0.39, 0.29) is 44.3 Å². The molecule has 0 fully saturated rings. The Morgan fingerprint density at radius 2 is 1.18 bits per heavy atom. The predicted octanol–water partition coefficient (Wildman–Crippen LogP) is -4.03. The van der Waals surface area contributed by atoms with Crippen LogP contribution >= 0.6 is 0 Å². The van der Waals surface area contributed by atoms with Gasteiger partial charge in [-0.05, 0) is 0 Å². The molecular weight excluding hydrogens is 312 g/mol. The second-order valence-electron chi connectivity index (χ2n) is 2.38. The van der Waals surface area contributed by atoms with Crippen LogP contribution in [-0.2, 0) is 19.5 Å². The van der Waals surface area contributed by atoms with Gasteiger partial charge in [-0.15, -0.1) is 0 Å². The molecule has 2 aromatic heterocycles. The molecule has 7 heteroatoms. The average molecular weight is 325 g/mol. The van der Waals surface area contributed by atoms with Crippen LogP contribution in [-0.4, -0.2) is 19.1 Å². The van der Waals surface area contributed by atoms with E-state index in [9.17, 15) is 0 Å². The second-order valence-corrected chi connectivity index (χ2v) is 2.38. The number of hydrogen-bond donors (Lipinski definition) is 0. The van der Waals surface area contributed by atoms with E-state index in [1.54, 1.807) is 46.6 Å². The number of halogens is 2. The molecule has 2 aromatic rings. The maximum absolute atomic E-state index is 3.78. The van der Waals surface area contributed by atoms with Gasteiger partial charge < -0.3 is 33.9 Å². The van der Waals surface area contributed by atoms with Crippen LogP contribution in [0.3, 0.4) is 0 Å². The summed E-state index contributed by atoms with van der Waals surface area (Å²) in [5.74, 6) is 0. The van der Waals surface area contributed by atoms with Crippen LogP contribution in [0.5, 0.6) is 0 Å². The van der Waals surface area contributed by atoms with E-state index >= 15 is 0 Å². The molecule has 0 amide bonds. The molecular formula is C10H12Cl2N4Zn.